The summed E-state index contributed by atoms with van der Waals surface area (Å²) < 4.78 is 31.5. The van der Waals surface area contributed by atoms with Gasteiger partial charge in [-0.1, -0.05) is 17.7 Å². The van der Waals surface area contributed by atoms with Crippen LogP contribution in [0.2, 0.25) is 5.15 Å². The molecule has 0 spiro atoms. The van der Waals surface area contributed by atoms with Crippen molar-refractivity contribution in [1.29, 1.82) is 0 Å². The van der Waals surface area contributed by atoms with E-state index in [0.717, 1.165) is 37.9 Å². The Kier molecular flexibility index (Phi) is 5.03. The zero-order valence-electron chi connectivity index (χ0n) is 15.3. The molecule has 0 fully saturated rings. The lowest BCUT2D eigenvalue weighted by Gasteiger charge is -2.22. The number of thiophene rings is 1. The van der Waals surface area contributed by atoms with Gasteiger partial charge >= 0.3 is 0 Å². The van der Waals surface area contributed by atoms with E-state index in [0.29, 0.717) is 18.6 Å². The van der Waals surface area contributed by atoms with Gasteiger partial charge in [0.15, 0.2) is 0 Å². The van der Waals surface area contributed by atoms with E-state index in [4.69, 9.17) is 16.3 Å². The Morgan fingerprint density at radius 2 is 2.14 bits per heavy atom. The van der Waals surface area contributed by atoms with Crippen LogP contribution >= 0.6 is 22.9 Å². The summed E-state index contributed by atoms with van der Waals surface area (Å²) >= 11 is 7.99. The number of rotatable bonds is 5. The third-order valence-electron chi connectivity index (χ3n) is 4.45. The topological polar surface area (TPSA) is 71.9 Å². The van der Waals surface area contributed by atoms with Gasteiger partial charge in [0, 0.05) is 17.4 Å². The van der Waals surface area contributed by atoms with Crippen LogP contribution in [0.15, 0.2) is 46.9 Å². The van der Waals surface area contributed by atoms with Crippen LogP contribution < -0.4 is 4.74 Å². The second kappa shape index (κ2) is 7.35. The number of aromatic nitrogens is 1. The summed E-state index contributed by atoms with van der Waals surface area (Å²) in [5, 5.41) is 7.44. The van der Waals surface area contributed by atoms with Crippen molar-refractivity contribution in [3.05, 3.63) is 57.4 Å². The predicted molar refractivity (Wildman–Crippen MR) is 113 cm³/mol. The molecule has 0 saturated carbocycles. The van der Waals surface area contributed by atoms with Crippen LogP contribution in [0.3, 0.4) is 0 Å². The molecule has 9 heteroatoms. The SMILES string of the molecule is CCOc1ccc2nc(Cl)c([C@@H]3CC(c4cccs4)=NN3S(C)(=O)=O)cc2c1. The van der Waals surface area contributed by atoms with Crippen molar-refractivity contribution in [1.82, 2.24) is 9.40 Å². The van der Waals surface area contributed by atoms with Gasteiger partial charge in [-0.3, -0.25) is 0 Å². The summed E-state index contributed by atoms with van der Waals surface area (Å²) in [5.41, 5.74) is 2.08. The maximum absolute atomic E-state index is 12.4. The molecule has 146 valence electrons. The summed E-state index contributed by atoms with van der Waals surface area (Å²) in [6.07, 6.45) is 1.59. The molecule has 1 aromatic carbocycles. The summed E-state index contributed by atoms with van der Waals surface area (Å²) in [4.78, 5) is 5.41. The fourth-order valence-electron chi connectivity index (χ4n) is 3.26. The number of hydrogen-bond donors (Lipinski definition) is 0. The highest BCUT2D eigenvalue weighted by Gasteiger charge is 2.36. The van der Waals surface area contributed by atoms with Gasteiger partial charge in [-0.2, -0.15) is 9.52 Å². The van der Waals surface area contributed by atoms with E-state index in [1.165, 1.54) is 11.3 Å². The van der Waals surface area contributed by atoms with Crippen molar-refractivity contribution in [2.45, 2.75) is 19.4 Å². The third kappa shape index (κ3) is 3.59. The van der Waals surface area contributed by atoms with Crippen molar-refractivity contribution in [2.24, 2.45) is 5.10 Å². The van der Waals surface area contributed by atoms with Gasteiger partial charge in [-0.25, -0.2) is 13.4 Å². The molecule has 3 heterocycles. The van der Waals surface area contributed by atoms with Crippen LogP contribution in [-0.2, 0) is 10.0 Å². The molecule has 1 aliphatic rings. The van der Waals surface area contributed by atoms with Crippen molar-refractivity contribution >= 4 is 49.6 Å². The Hall–Kier alpha value is -2.16. The molecular formula is C19H18ClN3O3S2. The van der Waals surface area contributed by atoms with Crippen LogP contribution in [0.1, 0.15) is 29.8 Å². The number of sulfonamides is 1. The second-order valence-corrected chi connectivity index (χ2v) is 9.58. The molecule has 6 nitrogen and oxygen atoms in total. The van der Waals surface area contributed by atoms with Gasteiger partial charge in [0.25, 0.3) is 0 Å². The van der Waals surface area contributed by atoms with E-state index in [1.807, 2.05) is 48.7 Å². The molecule has 0 N–H and O–H groups in total. The molecule has 4 rings (SSSR count). The molecule has 0 radical (unpaired) electrons. The number of benzene rings is 1. The van der Waals surface area contributed by atoms with E-state index >= 15 is 0 Å². The quantitative estimate of drug-likeness (QED) is 0.554. The first-order valence-electron chi connectivity index (χ1n) is 8.70. The van der Waals surface area contributed by atoms with Crippen LogP contribution in [0.4, 0.5) is 0 Å². The average Bonchev–Trinajstić information content (AvgIpc) is 3.31. The van der Waals surface area contributed by atoms with Gasteiger partial charge in [0.05, 0.1) is 35.0 Å². The number of halogens is 1. The van der Waals surface area contributed by atoms with Gasteiger partial charge in [0.1, 0.15) is 10.9 Å². The van der Waals surface area contributed by atoms with Crippen LogP contribution in [0.5, 0.6) is 5.75 Å². The summed E-state index contributed by atoms with van der Waals surface area (Å²) in [6.45, 7) is 2.48. The van der Waals surface area contributed by atoms with Crippen molar-refractivity contribution in [3.63, 3.8) is 0 Å². The Morgan fingerprint density at radius 3 is 2.82 bits per heavy atom. The van der Waals surface area contributed by atoms with E-state index in [9.17, 15) is 8.42 Å². The number of fused-ring (bicyclic) bond motifs is 1. The lowest BCUT2D eigenvalue weighted by Crippen LogP contribution is -2.26. The fraction of sp³-hybridized carbons (Fsp3) is 0.263. The average molecular weight is 436 g/mol. The number of ether oxygens (including phenoxy) is 1. The molecule has 0 aliphatic carbocycles. The lowest BCUT2D eigenvalue weighted by molar-refractivity contribution is 0.340. The zero-order valence-corrected chi connectivity index (χ0v) is 17.7. The van der Waals surface area contributed by atoms with Crippen LogP contribution in [0.25, 0.3) is 10.9 Å². The van der Waals surface area contributed by atoms with E-state index in [2.05, 4.69) is 10.1 Å². The number of hydrogen-bond acceptors (Lipinski definition) is 6. The number of hydrazone groups is 1. The first-order chi connectivity index (χ1) is 13.4. The first kappa shape index (κ1) is 19.2. The molecule has 0 amide bonds. The second-order valence-electron chi connectivity index (χ2n) is 6.44. The van der Waals surface area contributed by atoms with Gasteiger partial charge in [-0.15, -0.1) is 11.3 Å². The van der Waals surface area contributed by atoms with Gasteiger partial charge in [0.2, 0.25) is 10.0 Å². The molecule has 1 aliphatic heterocycles. The normalized spacial score (nSPS) is 17.2. The first-order valence-corrected chi connectivity index (χ1v) is 11.8. The zero-order chi connectivity index (χ0) is 19.9. The highest BCUT2D eigenvalue weighted by molar-refractivity contribution is 7.88. The Bertz CT molecular complexity index is 1160. The monoisotopic (exact) mass is 435 g/mol. The number of nitrogens with zero attached hydrogens (tertiary/aromatic N) is 3. The molecule has 0 bridgehead atoms. The Balaban J connectivity index is 1.80. The van der Waals surface area contributed by atoms with Crippen molar-refractivity contribution in [3.8, 4) is 5.75 Å². The molecule has 2 aromatic heterocycles. The highest BCUT2D eigenvalue weighted by Crippen LogP contribution is 2.39. The van der Waals surface area contributed by atoms with Gasteiger partial charge < -0.3 is 4.74 Å². The summed E-state index contributed by atoms with van der Waals surface area (Å²) in [6, 6.07) is 10.8. The summed E-state index contributed by atoms with van der Waals surface area (Å²) in [7, 11) is -3.57. The number of pyridine rings is 1. The molecule has 3 aromatic rings. The van der Waals surface area contributed by atoms with E-state index in [1.54, 1.807) is 0 Å². The van der Waals surface area contributed by atoms with Gasteiger partial charge in [-0.05, 0) is 42.6 Å². The molecule has 0 unspecified atom stereocenters. The fourth-order valence-corrected chi connectivity index (χ4v) is 5.14. The minimum absolute atomic E-state index is 0.276. The maximum Gasteiger partial charge on any atom is 0.247 e. The van der Waals surface area contributed by atoms with Crippen molar-refractivity contribution in [2.75, 3.05) is 12.9 Å². The molecular weight excluding hydrogens is 418 g/mol. The standard InChI is InChI=1S/C19H18ClN3O3S2/c1-3-26-13-6-7-15-12(9-13)10-14(19(20)21-15)17-11-16(18-5-4-8-27-18)22-23(17)28(2,24)25/h4-10,17H,3,11H2,1-2H3/t17-/m0/s1. The maximum atomic E-state index is 12.4. The van der Waals surface area contributed by atoms with Crippen molar-refractivity contribution < 1.29 is 13.2 Å². The largest absolute Gasteiger partial charge is 0.494 e. The summed E-state index contributed by atoms with van der Waals surface area (Å²) in [5.74, 6) is 0.729. The minimum atomic E-state index is -3.57. The highest BCUT2D eigenvalue weighted by atomic mass is 35.5. The molecule has 1 atom stereocenters. The molecule has 28 heavy (non-hydrogen) atoms. The van der Waals surface area contributed by atoms with E-state index in [-0.39, 0.29) is 5.15 Å². The van der Waals surface area contributed by atoms with Crippen LogP contribution in [-0.4, -0.2) is 36.4 Å². The Morgan fingerprint density at radius 1 is 1.32 bits per heavy atom. The predicted octanol–water partition coefficient (Wildman–Crippen LogP) is 4.46. The van der Waals surface area contributed by atoms with E-state index < -0.39 is 16.1 Å². The lowest BCUT2D eigenvalue weighted by atomic mass is 10.0. The van der Waals surface area contributed by atoms with Crippen LogP contribution in [0, 0.1) is 0 Å². The molecule has 0 saturated heterocycles. The Labute approximate surface area is 172 Å². The minimum Gasteiger partial charge on any atom is -0.494 e. The smallest absolute Gasteiger partial charge is 0.247 e. The third-order valence-corrected chi connectivity index (χ3v) is 6.69.